The highest BCUT2D eigenvalue weighted by Crippen LogP contribution is 2.27. The van der Waals surface area contributed by atoms with Crippen molar-refractivity contribution in [2.24, 2.45) is 10.2 Å². The van der Waals surface area contributed by atoms with E-state index >= 15 is 0 Å². The number of aryl methyl sites for hydroxylation is 1. The first-order chi connectivity index (χ1) is 10.9. The molecule has 2 aromatic rings. The lowest BCUT2D eigenvalue weighted by molar-refractivity contribution is 0.474. The molecule has 0 spiro atoms. The number of phenols is 1. The van der Waals surface area contributed by atoms with Gasteiger partial charge in [0.25, 0.3) is 10.1 Å². The van der Waals surface area contributed by atoms with Crippen molar-refractivity contribution in [3.8, 4) is 5.75 Å². The molecule has 2 rings (SSSR count). The average molecular weight is 334 g/mol. The Bertz CT molecular complexity index is 799. The first-order valence-corrected chi connectivity index (χ1v) is 8.65. The van der Waals surface area contributed by atoms with E-state index in [9.17, 15) is 13.5 Å². The Hall–Kier alpha value is -2.25. The summed E-state index contributed by atoms with van der Waals surface area (Å²) in [7, 11) is -4.21. The Kier molecular flexibility index (Phi) is 5.46. The zero-order valence-electron chi connectivity index (χ0n) is 12.7. The van der Waals surface area contributed by atoms with Crippen molar-refractivity contribution in [3.05, 3.63) is 48.0 Å². The molecule has 0 unspecified atom stereocenters. The molecule has 0 radical (unpaired) electrons. The first-order valence-electron chi connectivity index (χ1n) is 7.21. The topological polar surface area (TPSA) is 99.3 Å². The third-order valence-corrected chi connectivity index (χ3v) is 4.14. The van der Waals surface area contributed by atoms with Gasteiger partial charge in [-0.25, -0.2) is 0 Å². The van der Waals surface area contributed by atoms with Crippen LogP contribution in [0.3, 0.4) is 0 Å². The molecule has 2 aromatic carbocycles. The van der Waals surface area contributed by atoms with Crippen LogP contribution in [0.5, 0.6) is 5.75 Å². The number of unbranched alkanes of at least 4 members (excludes halogenated alkanes) is 1. The molecule has 7 heteroatoms. The van der Waals surface area contributed by atoms with Crippen LogP contribution in [0.1, 0.15) is 25.3 Å². The third-order valence-electron chi connectivity index (χ3n) is 3.27. The van der Waals surface area contributed by atoms with Crippen molar-refractivity contribution < 1.29 is 18.1 Å². The Balaban J connectivity index is 2.23. The Labute approximate surface area is 135 Å². The van der Waals surface area contributed by atoms with Gasteiger partial charge in [-0.3, -0.25) is 4.55 Å². The lowest BCUT2D eigenvalue weighted by atomic mass is 10.1. The molecule has 0 aliphatic carbocycles. The summed E-state index contributed by atoms with van der Waals surface area (Å²) in [5.41, 5.74) is 2.03. The van der Waals surface area contributed by atoms with E-state index in [1.54, 1.807) is 18.2 Å². The number of aromatic hydroxyl groups is 1. The monoisotopic (exact) mass is 334 g/mol. The minimum Gasteiger partial charge on any atom is -0.508 e. The molecule has 6 nitrogen and oxygen atoms in total. The molecule has 0 fully saturated rings. The summed E-state index contributed by atoms with van der Waals surface area (Å²) in [6.45, 7) is 2.08. The maximum Gasteiger partial charge on any atom is 0.294 e. The Morgan fingerprint density at radius 1 is 1.04 bits per heavy atom. The van der Waals surface area contributed by atoms with Crippen molar-refractivity contribution >= 4 is 21.5 Å². The molecule has 0 aliphatic rings. The fraction of sp³-hybridized carbons (Fsp3) is 0.250. The molecular weight excluding hydrogens is 316 g/mol. The van der Waals surface area contributed by atoms with E-state index in [4.69, 9.17) is 4.55 Å². The summed E-state index contributed by atoms with van der Waals surface area (Å²) < 4.78 is 30.9. The van der Waals surface area contributed by atoms with E-state index in [1.807, 2.05) is 0 Å². The lowest BCUT2D eigenvalue weighted by Gasteiger charge is -2.05. The second kappa shape index (κ2) is 7.34. The number of phenolic OH excluding ortho intramolecular Hbond substituents is 1. The lowest BCUT2D eigenvalue weighted by Crippen LogP contribution is -1.96. The van der Waals surface area contributed by atoms with Gasteiger partial charge in [0.05, 0.1) is 16.3 Å². The van der Waals surface area contributed by atoms with E-state index in [1.165, 1.54) is 24.3 Å². The van der Waals surface area contributed by atoms with Gasteiger partial charge in [0, 0.05) is 0 Å². The minimum atomic E-state index is -4.21. The van der Waals surface area contributed by atoms with Gasteiger partial charge in [-0.1, -0.05) is 13.3 Å². The van der Waals surface area contributed by atoms with Gasteiger partial charge in [-0.05, 0) is 60.9 Å². The maximum atomic E-state index is 11.0. The largest absolute Gasteiger partial charge is 0.508 e. The predicted octanol–water partition coefficient (Wildman–Crippen LogP) is 4.40. The predicted molar refractivity (Wildman–Crippen MR) is 87.2 cm³/mol. The van der Waals surface area contributed by atoms with Crippen LogP contribution >= 0.6 is 0 Å². The summed E-state index contributed by atoms with van der Waals surface area (Å²) in [5, 5.41) is 17.8. The maximum absolute atomic E-state index is 11.0. The normalized spacial score (nSPS) is 11.9. The summed E-state index contributed by atoms with van der Waals surface area (Å²) in [5.74, 6) is 0.188. The third kappa shape index (κ3) is 4.87. The van der Waals surface area contributed by atoms with Crippen LogP contribution in [0.2, 0.25) is 0 Å². The second-order valence-electron chi connectivity index (χ2n) is 5.09. The van der Waals surface area contributed by atoms with Crippen LogP contribution in [-0.4, -0.2) is 18.1 Å². The molecule has 0 bridgehead atoms. The second-order valence-corrected chi connectivity index (χ2v) is 6.51. The van der Waals surface area contributed by atoms with E-state index in [0.29, 0.717) is 11.4 Å². The standard InChI is InChI=1S/C16H18N2O4S/c1-2-3-4-12-11-14(19)7-10-16(12)18-17-13-5-8-15(9-6-13)23(20,21)22/h5-11,19H,2-4H2,1H3,(H,20,21,22). The molecular formula is C16H18N2O4S. The van der Waals surface area contributed by atoms with Gasteiger partial charge in [0.15, 0.2) is 0 Å². The van der Waals surface area contributed by atoms with Gasteiger partial charge in [0.1, 0.15) is 5.75 Å². The minimum absolute atomic E-state index is 0.188. The van der Waals surface area contributed by atoms with Crippen LogP contribution in [0.4, 0.5) is 11.4 Å². The highest BCUT2D eigenvalue weighted by molar-refractivity contribution is 7.85. The summed E-state index contributed by atoms with van der Waals surface area (Å²) >= 11 is 0. The molecule has 2 N–H and O–H groups in total. The van der Waals surface area contributed by atoms with Gasteiger partial charge >= 0.3 is 0 Å². The van der Waals surface area contributed by atoms with Crippen LogP contribution in [0, 0.1) is 0 Å². The van der Waals surface area contributed by atoms with E-state index < -0.39 is 10.1 Å². The van der Waals surface area contributed by atoms with Gasteiger partial charge in [0.2, 0.25) is 0 Å². The number of rotatable bonds is 6. The van der Waals surface area contributed by atoms with Crippen molar-refractivity contribution in [2.45, 2.75) is 31.1 Å². The van der Waals surface area contributed by atoms with E-state index in [-0.39, 0.29) is 10.6 Å². The van der Waals surface area contributed by atoms with E-state index in [0.717, 1.165) is 24.8 Å². The van der Waals surface area contributed by atoms with Gasteiger partial charge < -0.3 is 5.11 Å². The SMILES string of the molecule is CCCCc1cc(O)ccc1N=Nc1ccc(S(=O)(=O)O)cc1. The number of hydrogen-bond acceptors (Lipinski definition) is 5. The van der Waals surface area contributed by atoms with Crippen molar-refractivity contribution in [1.82, 2.24) is 0 Å². The molecule has 0 aromatic heterocycles. The quantitative estimate of drug-likeness (QED) is 0.604. The van der Waals surface area contributed by atoms with E-state index in [2.05, 4.69) is 17.2 Å². The van der Waals surface area contributed by atoms with Crippen molar-refractivity contribution in [1.29, 1.82) is 0 Å². The molecule has 0 amide bonds. The highest BCUT2D eigenvalue weighted by atomic mass is 32.2. The first kappa shape index (κ1) is 17.1. The molecule has 122 valence electrons. The van der Waals surface area contributed by atoms with Crippen molar-refractivity contribution in [2.75, 3.05) is 0 Å². The van der Waals surface area contributed by atoms with Crippen LogP contribution in [0.15, 0.2) is 57.6 Å². The zero-order chi connectivity index (χ0) is 16.9. The number of benzene rings is 2. The Morgan fingerprint density at radius 3 is 2.35 bits per heavy atom. The summed E-state index contributed by atoms with van der Waals surface area (Å²) in [4.78, 5) is -0.190. The fourth-order valence-corrected chi connectivity index (χ4v) is 2.51. The zero-order valence-corrected chi connectivity index (χ0v) is 13.5. The van der Waals surface area contributed by atoms with Crippen LogP contribution < -0.4 is 0 Å². The highest BCUT2D eigenvalue weighted by Gasteiger charge is 2.08. The number of nitrogens with zero attached hydrogens (tertiary/aromatic N) is 2. The van der Waals surface area contributed by atoms with Gasteiger partial charge in [-0.2, -0.15) is 18.6 Å². The smallest absolute Gasteiger partial charge is 0.294 e. The van der Waals surface area contributed by atoms with Crippen LogP contribution in [0.25, 0.3) is 0 Å². The van der Waals surface area contributed by atoms with Crippen LogP contribution in [-0.2, 0) is 16.5 Å². The summed E-state index contributed by atoms with van der Waals surface area (Å²) in [6.07, 6.45) is 2.80. The molecule has 0 heterocycles. The molecule has 23 heavy (non-hydrogen) atoms. The Morgan fingerprint density at radius 2 is 1.74 bits per heavy atom. The van der Waals surface area contributed by atoms with Crippen molar-refractivity contribution in [3.63, 3.8) is 0 Å². The molecule has 0 aliphatic heterocycles. The number of azo groups is 1. The molecule has 0 saturated heterocycles. The average Bonchev–Trinajstić information content (AvgIpc) is 2.51. The van der Waals surface area contributed by atoms with Gasteiger partial charge in [-0.15, -0.1) is 0 Å². The molecule has 0 atom stereocenters. The number of hydrogen-bond donors (Lipinski definition) is 2. The summed E-state index contributed by atoms with van der Waals surface area (Å²) in [6, 6.07) is 10.3. The molecule has 0 saturated carbocycles. The fourth-order valence-electron chi connectivity index (χ4n) is 2.03.